The number of ether oxygens (including phenoxy) is 1. The SMILES string of the molecule is O=C(C[C@H]1C=C[C@@H](NC(=O)c2cccc(F)c2)[C@@H](CO)O1)NCCN1CCCC1. The Morgan fingerprint density at radius 3 is 2.76 bits per heavy atom. The quantitative estimate of drug-likeness (QED) is 0.558. The van der Waals surface area contributed by atoms with E-state index in [1.54, 1.807) is 12.2 Å². The maximum absolute atomic E-state index is 13.3. The highest BCUT2D eigenvalue weighted by molar-refractivity contribution is 5.94. The maximum Gasteiger partial charge on any atom is 0.251 e. The van der Waals surface area contributed by atoms with E-state index in [1.165, 1.54) is 31.0 Å². The summed E-state index contributed by atoms with van der Waals surface area (Å²) in [5, 5.41) is 15.2. The number of likely N-dealkylation sites (tertiary alicyclic amines) is 1. The van der Waals surface area contributed by atoms with Crippen LogP contribution in [-0.4, -0.2) is 72.9 Å². The summed E-state index contributed by atoms with van der Waals surface area (Å²) in [7, 11) is 0. The van der Waals surface area contributed by atoms with Crippen LogP contribution >= 0.6 is 0 Å². The van der Waals surface area contributed by atoms with E-state index in [1.807, 2.05) is 0 Å². The van der Waals surface area contributed by atoms with Crippen LogP contribution in [0, 0.1) is 5.82 Å². The molecule has 8 heteroatoms. The van der Waals surface area contributed by atoms with E-state index in [0.717, 1.165) is 25.7 Å². The Balaban J connectivity index is 1.47. The molecule has 1 saturated heterocycles. The summed E-state index contributed by atoms with van der Waals surface area (Å²) < 4.78 is 19.1. The topological polar surface area (TPSA) is 90.9 Å². The Kier molecular flexibility index (Phi) is 7.74. The van der Waals surface area contributed by atoms with Crippen LogP contribution in [0.5, 0.6) is 0 Å². The van der Waals surface area contributed by atoms with Crippen LogP contribution in [0.15, 0.2) is 36.4 Å². The third kappa shape index (κ3) is 6.35. The van der Waals surface area contributed by atoms with E-state index >= 15 is 0 Å². The predicted molar refractivity (Wildman–Crippen MR) is 106 cm³/mol. The summed E-state index contributed by atoms with van der Waals surface area (Å²) >= 11 is 0. The molecule has 0 radical (unpaired) electrons. The number of aliphatic hydroxyl groups is 1. The van der Waals surface area contributed by atoms with Gasteiger partial charge in [0.05, 0.1) is 25.2 Å². The van der Waals surface area contributed by atoms with Gasteiger partial charge in [-0.15, -0.1) is 0 Å². The molecule has 1 aromatic carbocycles. The molecule has 0 saturated carbocycles. The number of halogens is 1. The van der Waals surface area contributed by atoms with Crippen molar-refractivity contribution in [3.8, 4) is 0 Å². The summed E-state index contributed by atoms with van der Waals surface area (Å²) in [6.45, 7) is 3.31. The molecule has 2 aliphatic heterocycles. The smallest absolute Gasteiger partial charge is 0.251 e. The molecular formula is C21H28FN3O4. The number of rotatable bonds is 8. The molecule has 29 heavy (non-hydrogen) atoms. The first-order chi connectivity index (χ1) is 14.0. The molecule has 0 bridgehead atoms. The van der Waals surface area contributed by atoms with E-state index < -0.39 is 30.0 Å². The number of benzene rings is 1. The van der Waals surface area contributed by atoms with Crippen molar-refractivity contribution in [2.75, 3.05) is 32.8 Å². The third-order valence-electron chi connectivity index (χ3n) is 5.18. The zero-order chi connectivity index (χ0) is 20.6. The molecule has 3 rings (SSSR count). The largest absolute Gasteiger partial charge is 0.394 e. The molecule has 0 aromatic heterocycles. The Labute approximate surface area is 169 Å². The second kappa shape index (κ2) is 10.5. The molecular weight excluding hydrogens is 377 g/mol. The minimum Gasteiger partial charge on any atom is -0.394 e. The van der Waals surface area contributed by atoms with Crippen LogP contribution in [0.4, 0.5) is 4.39 Å². The number of nitrogens with one attached hydrogen (secondary N) is 2. The van der Waals surface area contributed by atoms with Gasteiger partial charge >= 0.3 is 0 Å². The molecule has 158 valence electrons. The third-order valence-corrected chi connectivity index (χ3v) is 5.18. The molecule has 3 N–H and O–H groups in total. The van der Waals surface area contributed by atoms with E-state index in [2.05, 4.69) is 15.5 Å². The number of hydrogen-bond acceptors (Lipinski definition) is 5. The number of hydrogen-bond donors (Lipinski definition) is 3. The molecule has 0 aliphatic carbocycles. The zero-order valence-corrected chi connectivity index (χ0v) is 16.4. The molecule has 3 atom stereocenters. The second-order valence-corrected chi connectivity index (χ2v) is 7.39. The molecule has 7 nitrogen and oxygen atoms in total. The Hall–Kier alpha value is -2.29. The highest BCUT2D eigenvalue weighted by atomic mass is 19.1. The maximum atomic E-state index is 13.3. The second-order valence-electron chi connectivity index (χ2n) is 7.39. The van der Waals surface area contributed by atoms with Gasteiger partial charge in [-0.25, -0.2) is 4.39 Å². The van der Waals surface area contributed by atoms with Crippen molar-refractivity contribution in [1.29, 1.82) is 0 Å². The van der Waals surface area contributed by atoms with Gasteiger partial charge in [0, 0.05) is 18.7 Å². The van der Waals surface area contributed by atoms with Crippen LogP contribution in [-0.2, 0) is 9.53 Å². The van der Waals surface area contributed by atoms with Gasteiger partial charge in [0.25, 0.3) is 5.91 Å². The average molecular weight is 405 g/mol. The summed E-state index contributed by atoms with van der Waals surface area (Å²) in [5.41, 5.74) is 0.189. The fourth-order valence-corrected chi connectivity index (χ4v) is 3.61. The molecule has 2 heterocycles. The van der Waals surface area contributed by atoms with Gasteiger partial charge in [-0.1, -0.05) is 18.2 Å². The fourth-order valence-electron chi connectivity index (χ4n) is 3.61. The zero-order valence-electron chi connectivity index (χ0n) is 16.4. The average Bonchev–Trinajstić information content (AvgIpc) is 3.22. The van der Waals surface area contributed by atoms with E-state index in [9.17, 15) is 19.1 Å². The van der Waals surface area contributed by atoms with Crippen LogP contribution in [0.2, 0.25) is 0 Å². The van der Waals surface area contributed by atoms with Crippen LogP contribution < -0.4 is 10.6 Å². The molecule has 1 aromatic rings. The summed E-state index contributed by atoms with van der Waals surface area (Å²) in [5.74, 6) is -1.07. The van der Waals surface area contributed by atoms with Crippen LogP contribution in [0.1, 0.15) is 29.6 Å². The summed E-state index contributed by atoms with van der Waals surface area (Å²) in [4.78, 5) is 26.8. The number of nitrogens with zero attached hydrogens (tertiary/aromatic N) is 1. The first-order valence-corrected chi connectivity index (χ1v) is 10.1. The van der Waals surface area contributed by atoms with Crippen molar-refractivity contribution < 1.29 is 23.8 Å². The highest BCUT2D eigenvalue weighted by Gasteiger charge is 2.29. The molecule has 2 aliphatic rings. The van der Waals surface area contributed by atoms with Crippen LogP contribution in [0.3, 0.4) is 0 Å². The van der Waals surface area contributed by atoms with E-state index in [4.69, 9.17) is 4.74 Å². The molecule has 0 spiro atoms. The van der Waals surface area contributed by atoms with Crippen molar-refractivity contribution in [3.63, 3.8) is 0 Å². The van der Waals surface area contributed by atoms with E-state index in [-0.39, 0.29) is 24.5 Å². The monoisotopic (exact) mass is 405 g/mol. The van der Waals surface area contributed by atoms with E-state index in [0.29, 0.717) is 6.54 Å². The van der Waals surface area contributed by atoms with Gasteiger partial charge in [0.2, 0.25) is 5.91 Å². The standard InChI is InChI=1S/C21H28FN3O4/c22-16-5-3-4-15(12-16)21(28)24-18-7-6-17(29-19(18)14-26)13-20(27)23-8-11-25-9-1-2-10-25/h3-7,12,17-19,26H,1-2,8-11,13-14H2,(H,23,27)(H,24,28)/t17-,18-,19-/m1/s1. The Bertz CT molecular complexity index is 736. The van der Waals surface area contributed by atoms with Crippen molar-refractivity contribution in [2.45, 2.75) is 37.5 Å². The lowest BCUT2D eigenvalue weighted by Crippen LogP contribution is -2.49. The lowest BCUT2D eigenvalue weighted by Gasteiger charge is -2.31. The number of carbonyl (C=O) groups excluding carboxylic acids is 2. The Morgan fingerprint density at radius 2 is 2.03 bits per heavy atom. The fraction of sp³-hybridized carbons (Fsp3) is 0.524. The Morgan fingerprint density at radius 1 is 1.24 bits per heavy atom. The van der Waals surface area contributed by atoms with Crippen molar-refractivity contribution in [1.82, 2.24) is 15.5 Å². The molecule has 1 fully saturated rings. The summed E-state index contributed by atoms with van der Waals surface area (Å²) in [6.07, 6.45) is 4.85. The number of carbonyl (C=O) groups is 2. The van der Waals surface area contributed by atoms with Crippen molar-refractivity contribution >= 4 is 11.8 Å². The van der Waals surface area contributed by atoms with Gasteiger partial charge in [-0.2, -0.15) is 0 Å². The van der Waals surface area contributed by atoms with Gasteiger partial charge in [0.15, 0.2) is 0 Å². The number of aliphatic hydroxyl groups excluding tert-OH is 1. The minimum atomic E-state index is -0.681. The first-order valence-electron chi connectivity index (χ1n) is 10.1. The van der Waals surface area contributed by atoms with Crippen molar-refractivity contribution in [3.05, 3.63) is 47.8 Å². The normalized spacial score (nSPS) is 24.4. The highest BCUT2D eigenvalue weighted by Crippen LogP contribution is 2.16. The lowest BCUT2D eigenvalue weighted by molar-refractivity contribution is -0.125. The van der Waals surface area contributed by atoms with Gasteiger partial charge in [0.1, 0.15) is 11.9 Å². The number of amides is 2. The molecule has 0 unspecified atom stereocenters. The first kappa shape index (κ1) is 21.4. The molecule has 2 amide bonds. The predicted octanol–water partition coefficient (Wildman–Crippen LogP) is 0.842. The van der Waals surface area contributed by atoms with Gasteiger partial charge in [-0.3, -0.25) is 9.59 Å². The summed E-state index contributed by atoms with van der Waals surface area (Å²) in [6, 6.07) is 4.81. The van der Waals surface area contributed by atoms with Gasteiger partial charge in [-0.05, 0) is 44.1 Å². The minimum absolute atomic E-state index is 0.113. The van der Waals surface area contributed by atoms with Crippen molar-refractivity contribution in [2.24, 2.45) is 0 Å². The van der Waals surface area contributed by atoms with Gasteiger partial charge < -0.3 is 25.4 Å². The van der Waals surface area contributed by atoms with Crippen LogP contribution in [0.25, 0.3) is 0 Å². The lowest BCUT2D eigenvalue weighted by atomic mass is 10.0.